The highest BCUT2D eigenvalue weighted by Gasteiger charge is 2.30. The maximum atomic E-state index is 12.3. The molecule has 0 saturated carbocycles. The zero-order valence-corrected chi connectivity index (χ0v) is 16.4. The van der Waals surface area contributed by atoms with Crippen molar-refractivity contribution in [2.75, 3.05) is 13.2 Å². The highest BCUT2D eigenvalue weighted by Crippen LogP contribution is 2.41. The Morgan fingerprint density at radius 1 is 1.21 bits per heavy atom. The van der Waals surface area contributed by atoms with Gasteiger partial charge in [-0.1, -0.05) is 31.0 Å². The molecule has 0 fully saturated rings. The van der Waals surface area contributed by atoms with Crippen LogP contribution in [-0.4, -0.2) is 32.7 Å². The number of nitro benzene ring substituents is 1. The van der Waals surface area contributed by atoms with E-state index in [1.165, 1.54) is 24.3 Å². The summed E-state index contributed by atoms with van der Waals surface area (Å²) in [7, 11) is -3.94. The molecule has 28 heavy (non-hydrogen) atoms. The van der Waals surface area contributed by atoms with Crippen LogP contribution in [0.4, 0.5) is 5.69 Å². The van der Waals surface area contributed by atoms with Crippen LogP contribution in [0.25, 0.3) is 0 Å². The van der Waals surface area contributed by atoms with E-state index in [0.717, 1.165) is 5.56 Å². The number of fused-ring (bicyclic) bond motifs is 1. The molecular formula is C19H21NO7S. The summed E-state index contributed by atoms with van der Waals surface area (Å²) in [5.41, 5.74) is 1.33. The summed E-state index contributed by atoms with van der Waals surface area (Å²) in [6, 6.07) is 9.20. The summed E-state index contributed by atoms with van der Waals surface area (Å²) in [4.78, 5) is 10.9. The molecule has 0 saturated heterocycles. The van der Waals surface area contributed by atoms with Crippen LogP contribution in [0.3, 0.4) is 0 Å². The van der Waals surface area contributed by atoms with Gasteiger partial charge < -0.3 is 9.47 Å². The fraction of sp³-hybridized carbons (Fsp3) is 0.368. The van der Waals surface area contributed by atoms with Crippen LogP contribution in [0.15, 0.2) is 41.3 Å². The van der Waals surface area contributed by atoms with Crippen LogP contribution in [0.5, 0.6) is 11.5 Å². The third kappa shape index (κ3) is 4.26. The van der Waals surface area contributed by atoms with E-state index in [2.05, 4.69) is 0 Å². The lowest BCUT2D eigenvalue weighted by atomic mass is 10.1. The highest BCUT2D eigenvalue weighted by molar-refractivity contribution is 7.86. The Hall–Kier alpha value is -2.65. The number of nitro groups is 1. The number of nitrogens with zero attached hydrogens (tertiary/aromatic N) is 1. The van der Waals surface area contributed by atoms with Crippen LogP contribution in [0, 0.1) is 17.0 Å². The molecule has 0 unspecified atom stereocenters. The van der Waals surface area contributed by atoms with Crippen molar-refractivity contribution in [3.8, 4) is 11.5 Å². The lowest BCUT2D eigenvalue weighted by Crippen LogP contribution is -2.34. The number of aryl methyl sites for hydroxylation is 1. The predicted octanol–water partition coefficient (Wildman–Crippen LogP) is 3.40. The molecule has 1 atom stereocenters. The van der Waals surface area contributed by atoms with E-state index in [0.29, 0.717) is 24.2 Å². The smallest absolute Gasteiger partial charge is 0.297 e. The van der Waals surface area contributed by atoms with Gasteiger partial charge in [-0.05, 0) is 31.5 Å². The summed E-state index contributed by atoms with van der Waals surface area (Å²) in [5, 5.41) is 11.3. The quantitative estimate of drug-likeness (QED) is 0.393. The lowest BCUT2D eigenvalue weighted by molar-refractivity contribution is -0.385. The molecule has 0 amide bonds. The Bertz CT molecular complexity index is 971. The van der Waals surface area contributed by atoms with Crippen molar-refractivity contribution in [1.29, 1.82) is 0 Å². The molecular weight excluding hydrogens is 386 g/mol. The Morgan fingerprint density at radius 2 is 1.93 bits per heavy atom. The number of rotatable bonds is 7. The maximum absolute atomic E-state index is 12.3. The number of ether oxygens (including phenoxy) is 2. The van der Waals surface area contributed by atoms with E-state index >= 15 is 0 Å². The van der Waals surface area contributed by atoms with Gasteiger partial charge in [0.15, 0.2) is 17.6 Å². The predicted molar refractivity (Wildman–Crippen MR) is 101 cm³/mol. The van der Waals surface area contributed by atoms with Gasteiger partial charge in [0.2, 0.25) is 0 Å². The number of hydrogen-bond donors (Lipinski definition) is 0. The topological polar surface area (TPSA) is 105 Å². The van der Waals surface area contributed by atoms with Gasteiger partial charge in [-0.25, -0.2) is 0 Å². The van der Waals surface area contributed by atoms with E-state index < -0.39 is 21.1 Å². The highest BCUT2D eigenvalue weighted by atomic mass is 32.2. The van der Waals surface area contributed by atoms with Gasteiger partial charge >= 0.3 is 0 Å². The molecule has 0 N–H and O–H groups in total. The van der Waals surface area contributed by atoms with Crippen molar-refractivity contribution in [3.63, 3.8) is 0 Å². The van der Waals surface area contributed by atoms with Gasteiger partial charge in [-0.15, -0.1) is 0 Å². The average Bonchev–Trinajstić information content (AvgIpc) is 2.67. The Morgan fingerprint density at radius 3 is 2.57 bits per heavy atom. The van der Waals surface area contributed by atoms with Crippen LogP contribution < -0.4 is 9.47 Å². The zero-order chi connectivity index (χ0) is 20.3. The molecule has 2 aromatic rings. The average molecular weight is 407 g/mol. The third-order valence-electron chi connectivity index (χ3n) is 4.32. The molecule has 1 heterocycles. The lowest BCUT2D eigenvalue weighted by Gasteiger charge is -2.27. The minimum absolute atomic E-state index is 0.0435. The second-order valence-electron chi connectivity index (χ2n) is 6.50. The number of hydrogen-bond acceptors (Lipinski definition) is 7. The first-order chi connectivity index (χ1) is 13.3. The first kappa shape index (κ1) is 20.1. The molecule has 8 nitrogen and oxygen atoms in total. The summed E-state index contributed by atoms with van der Waals surface area (Å²) < 4.78 is 41.3. The minimum Gasteiger partial charge on any atom is -0.486 e. The monoisotopic (exact) mass is 407 g/mol. The van der Waals surface area contributed by atoms with E-state index in [4.69, 9.17) is 13.7 Å². The normalized spacial score (nSPS) is 16.0. The van der Waals surface area contributed by atoms with Crippen LogP contribution in [-0.2, 0) is 20.7 Å². The molecule has 1 aliphatic heterocycles. The summed E-state index contributed by atoms with van der Waals surface area (Å²) in [5.74, 6) is 0.690. The van der Waals surface area contributed by atoms with Crippen molar-refractivity contribution in [2.24, 2.45) is 0 Å². The SMILES string of the molecule is CCCc1c([N+](=O)[O-])ccc2c1O[C@@H](COS(=O)(=O)c1ccc(C)cc1)CO2. The fourth-order valence-electron chi connectivity index (χ4n) is 2.91. The van der Waals surface area contributed by atoms with E-state index in [-0.39, 0.29) is 29.5 Å². The van der Waals surface area contributed by atoms with Gasteiger partial charge in [-0.2, -0.15) is 8.42 Å². The van der Waals surface area contributed by atoms with Gasteiger partial charge in [0.25, 0.3) is 15.8 Å². The van der Waals surface area contributed by atoms with Crippen LogP contribution >= 0.6 is 0 Å². The largest absolute Gasteiger partial charge is 0.486 e. The summed E-state index contributed by atoms with van der Waals surface area (Å²) in [6.07, 6.45) is 0.423. The first-order valence-corrected chi connectivity index (χ1v) is 10.3. The van der Waals surface area contributed by atoms with Gasteiger partial charge in [0.05, 0.1) is 15.4 Å². The second-order valence-corrected chi connectivity index (χ2v) is 8.12. The first-order valence-electron chi connectivity index (χ1n) is 8.87. The molecule has 0 bridgehead atoms. The van der Waals surface area contributed by atoms with Crippen molar-refractivity contribution in [3.05, 3.63) is 57.6 Å². The molecule has 2 aromatic carbocycles. The maximum Gasteiger partial charge on any atom is 0.297 e. The second kappa shape index (κ2) is 8.15. The third-order valence-corrected chi connectivity index (χ3v) is 5.62. The van der Waals surface area contributed by atoms with Crippen LogP contribution in [0.2, 0.25) is 0 Å². The Labute approximate surface area is 163 Å². The van der Waals surface area contributed by atoms with Crippen molar-refractivity contribution in [1.82, 2.24) is 0 Å². The fourth-order valence-corrected chi connectivity index (χ4v) is 3.84. The molecule has 9 heteroatoms. The zero-order valence-electron chi connectivity index (χ0n) is 15.6. The number of benzene rings is 2. The molecule has 0 radical (unpaired) electrons. The minimum atomic E-state index is -3.94. The van der Waals surface area contributed by atoms with Crippen molar-refractivity contribution in [2.45, 2.75) is 37.7 Å². The van der Waals surface area contributed by atoms with E-state index in [1.807, 2.05) is 13.8 Å². The van der Waals surface area contributed by atoms with Gasteiger partial charge in [0.1, 0.15) is 13.2 Å². The Balaban J connectivity index is 1.77. The Kier molecular flexibility index (Phi) is 5.85. The van der Waals surface area contributed by atoms with Gasteiger partial charge in [-0.3, -0.25) is 14.3 Å². The van der Waals surface area contributed by atoms with E-state index in [9.17, 15) is 18.5 Å². The molecule has 150 valence electrons. The van der Waals surface area contributed by atoms with Crippen LogP contribution in [0.1, 0.15) is 24.5 Å². The molecule has 0 aliphatic carbocycles. The summed E-state index contributed by atoms with van der Waals surface area (Å²) >= 11 is 0. The van der Waals surface area contributed by atoms with Crippen molar-refractivity contribution >= 4 is 15.8 Å². The molecule has 0 aromatic heterocycles. The molecule has 1 aliphatic rings. The molecule has 3 rings (SSSR count). The van der Waals surface area contributed by atoms with Gasteiger partial charge in [0, 0.05) is 6.07 Å². The van der Waals surface area contributed by atoms with E-state index in [1.54, 1.807) is 12.1 Å². The van der Waals surface area contributed by atoms with Crippen molar-refractivity contribution < 1.29 is 27.0 Å². The molecule has 0 spiro atoms. The summed E-state index contributed by atoms with van der Waals surface area (Å²) in [6.45, 7) is 3.58. The standard InChI is InChI=1S/C19H21NO7S/c1-3-4-16-17(20(21)22)9-10-18-19(16)27-14(11-25-18)12-26-28(23,24)15-7-5-13(2)6-8-15/h5-10,14H,3-4,11-12H2,1-2H3/t14-/m1/s1.